The molecule has 0 spiro atoms. The van der Waals surface area contributed by atoms with Crippen LogP contribution in [0.5, 0.6) is 0 Å². The van der Waals surface area contributed by atoms with E-state index in [1.165, 1.54) is 0 Å². The van der Waals surface area contributed by atoms with Gasteiger partial charge in [0, 0.05) is 16.7 Å². The van der Waals surface area contributed by atoms with Crippen molar-refractivity contribution >= 4 is 11.8 Å². The zero-order chi connectivity index (χ0) is 11.3. The second-order valence-corrected chi connectivity index (χ2v) is 5.37. The Morgan fingerprint density at radius 1 is 1.25 bits per heavy atom. The fraction of sp³-hybridized carbons (Fsp3) is 0.455. The summed E-state index contributed by atoms with van der Waals surface area (Å²) in [7, 11) is 0. The highest BCUT2D eigenvalue weighted by atomic mass is 32.2. The topological polar surface area (TPSA) is 3.24 Å². The first-order chi connectivity index (χ1) is 7.57. The molecule has 3 rings (SSSR count). The van der Waals surface area contributed by atoms with Crippen LogP contribution in [0.1, 0.15) is 18.0 Å². The molecule has 16 heavy (non-hydrogen) atoms. The third-order valence-electron chi connectivity index (χ3n) is 3.18. The lowest BCUT2D eigenvalue weighted by Crippen LogP contribution is -2.37. The minimum Gasteiger partial charge on any atom is -0.206 e. The summed E-state index contributed by atoms with van der Waals surface area (Å²) in [6, 6.07) is 6.95. The van der Waals surface area contributed by atoms with Crippen molar-refractivity contribution in [3.05, 3.63) is 29.8 Å². The maximum absolute atomic E-state index is 12.8. The number of nitrogens with zero attached hydrogens (tertiary/aromatic N) is 1. The Morgan fingerprint density at radius 2 is 2.00 bits per heavy atom. The van der Waals surface area contributed by atoms with Gasteiger partial charge in [-0.1, -0.05) is 18.2 Å². The van der Waals surface area contributed by atoms with Crippen LogP contribution >= 0.6 is 11.8 Å². The van der Waals surface area contributed by atoms with E-state index in [9.17, 15) is 13.2 Å². The smallest absolute Gasteiger partial charge is 0.206 e. The Morgan fingerprint density at radius 3 is 2.75 bits per heavy atom. The fourth-order valence-electron chi connectivity index (χ4n) is 2.54. The van der Waals surface area contributed by atoms with Crippen molar-refractivity contribution in [3.8, 4) is 0 Å². The Balaban J connectivity index is 2.01. The maximum Gasteiger partial charge on any atom is 0.460 e. The highest BCUT2D eigenvalue weighted by Gasteiger charge is 2.52. The molecule has 0 saturated carbocycles. The van der Waals surface area contributed by atoms with Gasteiger partial charge in [0.15, 0.2) is 0 Å². The summed E-state index contributed by atoms with van der Waals surface area (Å²) in [5, 5.41) is 0.0685. The molecular weight excluding hydrogens is 235 g/mol. The molecule has 0 radical (unpaired) electrons. The minimum absolute atomic E-state index is 0.0685. The van der Waals surface area contributed by atoms with Crippen LogP contribution < -0.4 is 0 Å². The van der Waals surface area contributed by atoms with Gasteiger partial charge in [0.05, 0.1) is 6.04 Å². The van der Waals surface area contributed by atoms with Crippen LogP contribution in [0.3, 0.4) is 0 Å². The monoisotopic (exact) mass is 245 g/mol. The second kappa shape index (κ2) is 3.40. The number of fused-ring (bicyclic) bond motifs is 3. The van der Waals surface area contributed by atoms with Crippen LogP contribution in [0.4, 0.5) is 13.2 Å². The maximum atomic E-state index is 12.8. The standard InChI is InChI=1S/C11H10F3NS/c12-11(13,14)15-6-5-9-10(15)7-3-1-2-4-8(7)16-9/h1-4,9-10H,5-6H2. The Kier molecular flexibility index (Phi) is 2.23. The van der Waals surface area contributed by atoms with Crippen molar-refractivity contribution in [1.82, 2.24) is 4.90 Å². The molecule has 0 aromatic heterocycles. The summed E-state index contributed by atoms with van der Waals surface area (Å²) in [4.78, 5) is 1.68. The van der Waals surface area contributed by atoms with Crippen LogP contribution in [0.25, 0.3) is 0 Å². The summed E-state index contributed by atoms with van der Waals surface area (Å²) >= 11 is 1.58. The van der Waals surface area contributed by atoms with E-state index in [1.807, 2.05) is 24.3 Å². The number of hydrogen-bond acceptors (Lipinski definition) is 2. The lowest BCUT2D eigenvalue weighted by molar-refractivity contribution is -0.250. The van der Waals surface area contributed by atoms with Gasteiger partial charge in [-0.25, -0.2) is 4.90 Å². The minimum atomic E-state index is -4.21. The van der Waals surface area contributed by atoms with Crippen LogP contribution in [0, 0.1) is 0 Å². The largest absolute Gasteiger partial charge is 0.460 e. The second-order valence-electron chi connectivity index (χ2n) is 4.09. The third-order valence-corrected chi connectivity index (χ3v) is 4.61. The molecule has 0 bridgehead atoms. The number of alkyl halides is 3. The Bertz CT molecular complexity index is 418. The number of rotatable bonds is 0. The highest BCUT2D eigenvalue weighted by molar-refractivity contribution is 8.00. The molecule has 1 fully saturated rings. The Labute approximate surface area is 95.6 Å². The first kappa shape index (κ1) is 10.5. The lowest BCUT2D eigenvalue weighted by atomic mass is 10.1. The van der Waals surface area contributed by atoms with Gasteiger partial charge in [-0.05, 0) is 18.1 Å². The van der Waals surface area contributed by atoms with Gasteiger partial charge < -0.3 is 0 Å². The van der Waals surface area contributed by atoms with Crippen LogP contribution in [-0.2, 0) is 0 Å². The summed E-state index contributed by atoms with van der Waals surface area (Å²) in [5.41, 5.74) is 0.840. The number of benzene rings is 1. The lowest BCUT2D eigenvalue weighted by Gasteiger charge is -2.26. The van der Waals surface area contributed by atoms with Crippen molar-refractivity contribution in [1.29, 1.82) is 0 Å². The molecule has 0 amide bonds. The van der Waals surface area contributed by atoms with Gasteiger partial charge in [0.2, 0.25) is 0 Å². The molecule has 1 nitrogen and oxygen atoms in total. The van der Waals surface area contributed by atoms with Crippen molar-refractivity contribution in [2.45, 2.75) is 28.9 Å². The molecule has 86 valence electrons. The predicted molar refractivity (Wildman–Crippen MR) is 56.2 cm³/mol. The molecule has 2 unspecified atom stereocenters. The molecular formula is C11H10F3NS. The quantitative estimate of drug-likeness (QED) is 0.644. The van der Waals surface area contributed by atoms with Gasteiger partial charge in [-0.2, -0.15) is 13.2 Å². The average Bonchev–Trinajstić information content (AvgIpc) is 2.73. The number of halogens is 3. The summed E-state index contributed by atoms with van der Waals surface area (Å²) in [6.45, 7) is 0.125. The third kappa shape index (κ3) is 1.45. The van der Waals surface area contributed by atoms with Crippen LogP contribution in [0.2, 0.25) is 0 Å². The molecule has 2 aliphatic rings. The number of likely N-dealkylation sites (tertiary alicyclic amines) is 1. The summed E-state index contributed by atoms with van der Waals surface area (Å²) in [6.07, 6.45) is -3.60. The first-order valence-corrected chi connectivity index (χ1v) is 6.04. The molecule has 2 heterocycles. The van der Waals surface area contributed by atoms with Gasteiger partial charge in [-0.15, -0.1) is 11.8 Å². The van der Waals surface area contributed by atoms with E-state index >= 15 is 0 Å². The van der Waals surface area contributed by atoms with Crippen molar-refractivity contribution in [3.63, 3.8) is 0 Å². The molecule has 2 atom stereocenters. The fourth-order valence-corrected chi connectivity index (χ4v) is 3.99. The molecule has 5 heteroatoms. The van der Waals surface area contributed by atoms with Gasteiger partial charge >= 0.3 is 6.30 Å². The van der Waals surface area contributed by atoms with E-state index in [0.717, 1.165) is 10.5 Å². The highest BCUT2D eigenvalue weighted by Crippen LogP contribution is 2.54. The molecule has 1 saturated heterocycles. The molecule has 1 aromatic carbocycles. The van der Waals surface area contributed by atoms with E-state index in [1.54, 1.807) is 11.8 Å². The number of thioether (sulfide) groups is 1. The summed E-state index contributed by atoms with van der Waals surface area (Å²) in [5.74, 6) is 0. The van der Waals surface area contributed by atoms with Crippen molar-refractivity contribution < 1.29 is 13.2 Å². The zero-order valence-corrected chi connectivity index (χ0v) is 9.18. The summed E-state index contributed by atoms with van der Waals surface area (Å²) < 4.78 is 38.4. The van der Waals surface area contributed by atoms with Crippen LogP contribution in [0.15, 0.2) is 29.2 Å². The van der Waals surface area contributed by atoms with Crippen molar-refractivity contribution in [2.75, 3.05) is 6.54 Å². The van der Waals surface area contributed by atoms with Crippen molar-refractivity contribution in [2.24, 2.45) is 0 Å². The van der Waals surface area contributed by atoms with Gasteiger partial charge in [-0.3, -0.25) is 0 Å². The molecule has 0 aliphatic carbocycles. The molecule has 0 N–H and O–H groups in total. The normalized spacial score (nSPS) is 29.2. The zero-order valence-electron chi connectivity index (χ0n) is 8.37. The number of hydrogen-bond donors (Lipinski definition) is 0. The first-order valence-electron chi connectivity index (χ1n) is 5.16. The Hall–Kier alpha value is -0.680. The van der Waals surface area contributed by atoms with Crippen LogP contribution in [-0.4, -0.2) is 23.0 Å². The van der Waals surface area contributed by atoms with E-state index in [4.69, 9.17) is 0 Å². The van der Waals surface area contributed by atoms with E-state index < -0.39 is 12.3 Å². The predicted octanol–water partition coefficient (Wildman–Crippen LogP) is 3.43. The average molecular weight is 245 g/mol. The SMILES string of the molecule is FC(F)(F)N1CCC2Sc3ccccc3C21. The van der Waals surface area contributed by atoms with Gasteiger partial charge in [0.25, 0.3) is 0 Å². The molecule has 2 aliphatic heterocycles. The van der Waals surface area contributed by atoms with E-state index in [2.05, 4.69) is 0 Å². The van der Waals surface area contributed by atoms with Gasteiger partial charge in [0.1, 0.15) is 0 Å². The van der Waals surface area contributed by atoms with E-state index in [-0.39, 0.29) is 11.8 Å². The molecule has 1 aromatic rings. The van der Waals surface area contributed by atoms with E-state index in [0.29, 0.717) is 11.3 Å².